The van der Waals surface area contributed by atoms with Crippen LogP contribution < -0.4 is 5.32 Å². The topological polar surface area (TPSA) is 55.4 Å². The minimum atomic E-state index is -0.974. The number of aryl methyl sites for hydroxylation is 2. The Morgan fingerprint density at radius 2 is 1.92 bits per heavy atom. The minimum absolute atomic E-state index is 0.260. The molecule has 3 rings (SSSR count). The van der Waals surface area contributed by atoms with Gasteiger partial charge in [0.25, 0.3) is 5.91 Å². The molecule has 1 aromatic heterocycles. The fraction of sp³-hybridized carbons (Fsp3) is 0.200. The molecule has 1 atom stereocenters. The number of hydrogen-bond acceptors (Lipinski definition) is 4. The zero-order valence-electron chi connectivity index (χ0n) is 14.6. The Morgan fingerprint density at radius 1 is 1.15 bits per heavy atom. The molecule has 0 aliphatic carbocycles. The van der Waals surface area contributed by atoms with Crippen molar-refractivity contribution >= 4 is 39.0 Å². The van der Waals surface area contributed by atoms with Crippen LogP contribution in [0.4, 0.5) is 10.1 Å². The molecule has 6 heteroatoms. The van der Waals surface area contributed by atoms with Gasteiger partial charge in [-0.15, -0.1) is 11.3 Å². The van der Waals surface area contributed by atoms with Crippen LogP contribution in [0.1, 0.15) is 27.7 Å². The Balaban J connectivity index is 1.69. The summed E-state index contributed by atoms with van der Waals surface area (Å²) in [4.78, 5) is 24.8. The van der Waals surface area contributed by atoms with E-state index in [0.717, 1.165) is 22.5 Å². The number of amides is 1. The van der Waals surface area contributed by atoms with Gasteiger partial charge in [0, 0.05) is 15.8 Å². The van der Waals surface area contributed by atoms with Gasteiger partial charge in [-0.3, -0.25) is 4.79 Å². The Hall–Kier alpha value is -2.73. The lowest BCUT2D eigenvalue weighted by Crippen LogP contribution is -2.30. The predicted octanol–water partition coefficient (Wildman–Crippen LogP) is 4.84. The van der Waals surface area contributed by atoms with Crippen molar-refractivity contribution in [3.8, 4) is 0 Å². The molecule has 1 N–H and O–H groups in total. The van der Waals surface area contributed by atoms with Crippen molar-refractivity contribution in [2.24, 2.45) is 0 Å². The van der Waals surface area contributed by atoms with Crippen molar-refractivity contribution in [3.05, 3.63) is 64.3 Å². The first-order chi connectivity index (χ1) is 12.3. The molecule has 0 spiro atoms. The van der Waals surface area contributed by atoms with Crippen LogP contribution in [-0.4, -0.2) is 18.0 Å². The summed E-state index contributed by atoms with van der Waals surface area (Å²) in [5.74, 6) is -1.45. The number of benzene rings is 2. The molecule has 1 unspecified atom stereocenters. The van der Waals surface area contributed by atoms with Gasteiger partial charge in [0.2, 0.25) is 0 Å². The third-order valence-corrected chi connectivity index (χ3v) is 5.08. The molecular weight excluding hydrogens is 353 g/mol. The highest BCUT2D eigenvalue weighted by Crippen LogP contribution is 2.28. The van der Waals surface area contributed by atoms with Gasteiger partial charge in [-0.25, -0.2) is 9.18 Å². The van der Waals surface area contributed by atoms with Gasteiger partial charge in [-0.1, -0.05) is 23.8 Å². The Labute approximate surface area is 154 Å². The van der Waals surface area contributed by atoms with E-state index < -0.39 is 23.8 Å². The van der Waals surface area contributed by atoms with E-state index in [-0.39, 0.29) is 4.88 Å². The molecule has 0 fully saturated rings. The Kier molecular flexibility index (Phi) is 5.04. The van der Waals surface area contributed by atoms with E-state index in [4.69, 9.17) is 4.74 Å². The molecular formula is C20H18FNO3S. The fourth-order valence-electron chi connectivity index (χ4n) is 2.59. The molecule has 4 nitrogen and oxygen atoms in total. The number of hydrogen-bond donors (Lipinski definition) is 1. The van der Waals surface area contributed by atoms with E-state index in [1.807, 2.05) is 32.0 Å². The monoisotopic (exact) mass is 371 g/mol. The second kappa shape index (κ2) is 7.25. The first-order valence-corrected chi connectivity index (χ1v) is 8.94. The van der Waals surface area contributed by atoms with E-state index in [1.54, 1.807) is 12.1 Å². The van der Waals surface area contributed by atoms with Crippen LogP contribution in [0.3, 0.4) is 0 Å². The van der Waals surface area contributed by atoms with Crippen molar-refractivity contribution in [1.29, 1.82) is 0 Å². The summed E-state index contributed by atoms with van der Waals surface area (Å²) < 4.78 is 19.6. The van der Waals surface area contributed by atoms with Crippen molar-refractivity contribution in [2.45, 2.75) is 26.9 Å². The molecule has 3 aromatic rings. The van der Waals surface area contributed by atoms with Gasteiger partial charge in [-0.2, -0.15) is 0 Å². The predicted molar refractivity (Wildman–Crippen MR) is 101 cm³/mol. The van der Waals surface area contributed by atoms with Crippen LogP contribution in [-0.2, 0) is 9.53 Å². The van der Waals surface area contributed by atoms with Crippen LogP contribution in [0.25, 0.3) is 10.1 Å². The van der Waals surface area contributed by atoms with E-state index in [9.17, 15) is 14.0 Å². The van der Waals surface area contributed by atoms with Gasteiger partial charge in [0.1, 0.15) is 10.7 Å². The van der Waals surface area contributed by atoms with Gasteiger partial charge in [-0.05, 0) is 50.6 Å². The molecule has 1 heterocycles. The number of thiophene rings is 1. The number of rotatable bonds is 4. The van der Waals surface area contributed by atoms with Crippen molar-refractivity contribution in [2.75, 3.05) is 5.32 Å². The van der Waals surface area contributed by atoms with Crippen LogP contribution >= 0.6 is 11.3 Å². The van der Waals surface area contributed by atoms with E-state index in [0.29, 0.717) is 15.8 Å². The zero-order chi connectivity index (χ0) is 18.8. The van der Waals surface area contributed by atoms with E-state index in [2.05, 4.69) is 5.32 Å². The van der Waals surface area contributed by atoms with Crippen LogP contribution in [0, 0.1) is 19.7 Å². The maximum atomic E-state index is 13.8. The van der Waals surface area contributed by atoms with Gasteiger partial charge in [0.15, 0.2) is 6.10 Å². The Bertz CT molecular complexity index is 996. The summed E-state index contributed by atoms with van der Waals surface area (Å²) in [5, 5.41) is 3.13. The molecule has 0 saturated heterocycles. The molecule has 0 bridgehead atoms. The highest BCUT2D eigenvalue weighted by atomic mass is 32.1. The first kappa shape index (κ1) is 18.1. The second-order valence-electron chi connectivity index (χ2n) is 6.12. The summed E-state index contributed by atoms with van der Waals surface area (Å²) in [6.45, 7) is 5.37. The van der Waals surface area contributed by atoms with E-state index in [1.165, 1.54) is 19.1 Å². The zero-order valence-corrected chi connectivity index (χ0v) is 15.4. The summed E-state index contributed by atoms with van der Waals surface area (Å²) >= 11 is 1.14. The normalized spacial score (nSPS) is 12.0. The fourth-order valence-corrected chi connectivity index (χ4v) is 3.54. The maximum Gasteiger partial charge on any atom is 0.349 e. The number of nitrogens with one attached hydrogen (secondary N) is 1. The summed E-state index contributed by atoms with van der Waals surface area (Å²) in [6, 6.07) is 11.8. The smallest absolute Gasteiger partial charge is 0.349 e. The number of carbonyl (C=O) groups excluding carboxylic acids is 2. The second-order valence-corrected chi connectivity index (χ2v) is 7.20. The lowest BCUT2D eigenvalue weighted by Gasteiger charge is -2.14. The first-order valence-electron chi connectivity index (χ1n) is 8.12. The van der Waals surface area contributed by atoms with Crippen molar-refractivity contribution < 1.29 is 18.7 Å². The molecule has 0 aliphatic heterocycles. The number of fused-ring (bicyclic) bond motifs is 1. The van der Waals surface area contributed by atoms with Gasteiger partial charge < -0.3 is 10.1 Å². The standard InChI is InChI=1S/C20H18FNO3S/c1-11-7-8-16(12(2)9-11)22-19(23)13(3)25-20(24)18-10-14-15(21)5-4-6-17(14)26-18/h4-10,13H,1-3H3,(H,22,23). The highest BCUT2D eigenvalue weighted by Gasteiger charge is 2.21. The summed E-state index contributed by atoms with van der Waals surface area (Å²) in [7, 11) is 0. The lowest BCUT2D eigenvalue weighted by molar-refractivity contribution is -0.123. The third-order valence-electron chi connectivity index (χ3n) is 4.00. The SMILES string of the molecule is Cc1ccc(NC(=O)C(C)OC(=O)c2cc3c(F)cccc3s2)c(C)c1. The number of carbonyl (C=O) groups is 2. The Morgan fingerprint density at radius 3 is 2.62 bits per heavy atom. The average Bonchev–Trinajstić information content (AvgIpc) is 3.03. The minimum Gasteiger partial charge on any atom is -0.448 e. The lowest BCUT2D eigenvalue weighted by atomic mass is 10.1. The number of anilines is 1. The quantitative estimate of drug-likeness (QED) is 0.668. The highest BCUT2D eigenvalue weighted by molar-refractivity contribution is 7.20. The molecule has 0 saturated carbocycles. The number of ether oxygens (including phenoxy) is 1. The third kappa shape index (κ3) is 3.75. The molecule has 134 valence electrons. The van der Waals surface area contributed by atoms with Crippen molar-refractivity contribution in [1.82, 2.24) is 0 Å². The van der Waals surface area contributed by atoms with Crippen LogP contribution in [0.2, 0.25) is 0 Å². The molecule has 0 radical (unpaired) electrons. The molecule has 1 amide bonds. The van der Waals surface area contributed by atoms with Crippen molar-refractivity contribution in [3.63, 3.8) is 0 Å². The molecule has 26 heavy (non-hydrogen) atoms. The van der Waals surface area contributed by atoms with E-state index >= 15 is 0 Å². The van der Waals surface area contributed by atoms with Gasteiger partial charge >= 0.3 is 5.97 Å². The van der Waals surface area contributed by atoms with Crippen LogP contribution in [0.5, 0.6) is 0 Å². The maximum absolute atomic E-state index is 13.8. The summed E-state index contributed by atoms with van der Waals surface area (Å²) in [5.41, 5.74) is 2.70. The largest absolute Gasteiger partial charge is 0.448 e. The van der Waals surface area contributed by atoms with Crippen LogP contribution in [0.15, 0.2) is 42.5 Å². The molecule has 0 aliphatic rings. The number of esters is 1. The molecule has 2 aromatic carbocycles. The number of halogens is 1. The summed E-state index contributed by atoms with van der Waals surface area (Å²) in [6.07, 6.45) is -0.974. The van der Waals surface area contributed by atoms with Gasteiger partial charge in [0.05, 0.1) is 0 Å². The average molecular weight is 371 g/mol.